The van der Waals surface area contributed by atoms with Gasteiger partial charge in [0.05, 0.1) is 4.47 Å². The molecular formula is C15H20BrF2N. The molecule has 0 saturated heterocycles. The van der Waals surface area contributed by atoms with Crippen LogP contribution in [0.25, 0.3) is 0 Å². The van der Waals surface area contributed by atoms with Crippen molar-refractivity contribution >= 4 is 15.9 Å². The van der Waals surface area contributed by atoms with Crippen molar-refractivity contribution < 1.29 is 8.78 Å². The Balaban J connectivity index is 2.25. The Hall–Kier alpha value is -0.480. The van der Waals surface area contributed by atoms with E-state index >= 15 is 0 Å². The van der Waals surface area contributed by atoms with Crippen LogP contribution in [0.5, 0.6) is 0 Å². The van der Waals surface area contributed by atoms with E-state index in [4.69, 9.17) is 5.73 Å². The van der Waals surface area contributed by atoms with E-state index in [-0.39, 0.29) is 10.0 Å². The average molecular weight is 332 g/mol. The third-order valence-electron chi connectivity index (χ3n) is 4.24. The summed E-state index contributed by atoms with van der Waals surface area (Å²) in [5, 5.41) is 0. The molecule has 19 heavy (non-hydrogen) atoms. The Kier molecular flexibility index (Phi) is 4.62. The molecule has 1 aliphatic rings. The molecule has 0 amide bonds. The largest absolute Gasteiger partial charge is 0.321 e. The SMILES string of the molecule is CCCC1CCC(N)(c2c(F)ccc(Br)c2F)CC1. The van der Waals surface area contributed by atoms with Crippen LogP contribution in [0.3, 0.4) is 0 Å². The number of hydrogen-bond donors (Lipinski definition) is 1. The van der Waals surface area contributed by atoms with E-state index in [0.29, 0.717) is 18.8 Å². The fourth-order valence-corrected chi connectivity index (χ4v) is 3.45. The van der Waals surface area contributed by atoms with Crippen LogP contribution in [-0.4, -0.2) is 0 Å². The summed E-state index contributed by atoms with van der Waals surface area (Å²) >= 11 is 3.11. The second kappa shape index (κ2) is 5.88. The van der Waals surface area contributed by atoms with E-state index in [0.717, 1.165) is 19.3 Å². The van der Waals surface area contributed by atoms with Crippen molar-refractivity contribution in [2.45, 2.75) is 51.0 Å². The minimum atomic E-state index is -0.859. The summed E-state index contributed by atoms with van der Waals surface area (Å²) in [5.74, 6) is -0.423. The van der Waals surface area contributed by atoms with Crippen LogP contribution in [0.1, 0.15) is 51.0 Å². The molecule has 1 aliphatic carbocycles. The molecule has 0 spiro atoms. The topological polar surface area (TPSA) is 26.0 Å². The predicted octanol–water partition coefficient (Wildman–Crippen LogP) is 4.87. The molecule has 1 aromatic rings. The quantitative estimate of drug-likeness (QED) is 0.785. The summed E-state index contributed by atoms with van der Waals surface area (Å²) in [4.78, 5) is 0. The molecule has 4 heteroatoms. The molecule has 1 saturated carbocycles. The van der Waals surface area contributed by atoms with Gasteiger partial charge in [0.1, 0.15) is 11.6 Å². The molecule has 2 N–H and O–H groups in total. The zero-order valence-electron chi connectivity index (χ0n) is 11.2. The molecule has 1 aromatic carbocycles. The minimum Gasteiger partial charge on any atom is -0.321 e. The van der Waals surface area contributed by atoms with E-state index in [2.05, 4.69) is 22.9 Å². The van der Waals surface area contributed by atoms with Gasteiger partial charge in [-0.05, 0) is 59.7 Å². The maximum Gasteiger partial charge on any atom is 0.145 e. The fourth-order valence-electron chi connectivity index (χ4n) is 3.12. The van der Waals surface area contributed by atoms with Gasteiger partial charge in [0, 0.05) is 11.1 Å². The molecule has 0 bridgehead atoms. The van der Waals surface area contributed by atoms with Gasteiger partial charge in [-0.25, -0.2) is 8.78 Å². The van der Waals surface area contributed by atoms with Crippen molar-refractivity contribution in [3.8, 4) is 0 Å². The molecule has 1 fully saturated rings. The van der Waals surface area contributed by atoms with Crippen LogP contribution in [0.2, 0.25) is 0 Å². The lowest BCUT2D eigenvalue weighted by Crippen LogP contribution is -2.42. The summed E-state index contributed by atoms with van der Waals surface area (Å²) in [5.41, 5.74) is 5.50. The van der Waals surface area contributed by atoms with Gasteiger partial charge in [-0.3, -0.25) is 0 Å². The summed E-state index contributed by atoms with van der Waals surface area (Å²) in [6.07, 6.45) is 5.55. The molecule has 106 valence electrons. The van der Waals surface area contributed by atoms with E-state index in [9.17, 15) is 8.78 Å². The first-order chi connectivity index (χ1) is 8.98. The van der Waals surface area contributed by atoms with Crippen molar-refractivity contribution in [3.05, 3.63) is 33.8 Å². The van der Waals surface area contributed by atoms with Crippen molar-refractivity contribution in [2.24, 2.45) is 11.7 Å². The Morgan fingerprint density at radius 3 is 2.53 bits per heavy atom. The maximum atomic E-state index is 14.2. The summed E-state index contributed by atoms with van der Waals surface area (Å²) in [6.45, 7) is 2.16. The van der Waals surface area contributed by atoms with Crippen LogP contribution in [-0.2, 0) is 5.54 Å². The normalized spacial score (nSPS) is 27.5. The Morgan fingerprint density at radius 1 is 1.32 bits per heavy atom. The molecule has 0 heterocycles. The van der Waals surface area contributed by atoms with Gasteiger partial charge >= 0.3 is 0 Å². The second-order valence-electron chi connectivity index (χ2n) is 5.61. The average Bonchev–Trinajstić information content (AvgIpc) is 2.38. The highest BCUT2D eigenvalue weighted by atomic mass is 79.9. The first kappa shape index (κ1) is 14.9. The Bertz CT molecular complexity index is 454. The van der Waals surface area contributed by atoms with Crippen LogP contribution < -0.4 is 5.73 Å². The van der Waals surface area contributed by atoms with Crippen molar-refractivity contribution in [2.75, 3.05) is 0 Å². The van der Waals surface area contributed by atoms with Gasteiger partial charge in [0.15, 0.2) is 0 Å². The fraction of sp³-hybridized carbons (Fsp3) is 0.600. The first-order valence-corrected chi connectivity index (χ1v) is 7.70. The predicted molar refractivity (Wildman–Crippen MR) is 76.8 cm³/mol. The lowest BCUT2D eigenvalue weighted by molar-refractivity contribution is 0.216. The maximum absolute atomic E-state index is 14.2. The second-order valence-corrected chi connectivity index (χ2v) is 6.46. The van der Waals surface area contributed by atoms with Gasteiger partial charge < -0.3 is 5.73 Å². The number of nitrogens with two attached hydrogens (primary N) is 1. The van der Waals surface area contributed by atoms with E-state index < -0.39 is 17.2 Å². The molecule has 0 unspecified atom stereocenters. The third-order valence-corrected chi connectivity index (χ3v) is 4.85. The molecule has 0 aliphatic heterocycles. The molecule has 2 rings (SSSR count). The number of hydrogen-bond acceptors (Lipinski definition) is 1. The molecule has 0 atom stereocenters. The van der Waals surface area contributed by atoms with Gasteiger partial charge in [-0.2, -0.15) is 0 Å². The highest BCUT2D eigenvalue weighted by Crippen LogP contribution is 2.42. The van der Waals surface area contributed by atoms with Gasteiger partial charge in [-0.1, -0.05) is 19.8 Å². The number of halogens is 3. The zero-order valence-corrected chi connectivity index (χ0v) is 12.8. The third kappa shape index (κ3) is 3.00. The Labute approximate surface area is 121 Å². The van der Waals surface area contributed by atoms with E-state index in [1.54, 1.807) is 0 Å². The standard InChI is InChI=1S/C15H20BrF2N/c1-2-3-10-6-8-15(19,9-7-10)13-12(17)5-4-11(16)14(13)18/h4-5,10H,2-3,6-9,19H2,1H3. The lowest BCUT2D eigenvalue weighted by atomic mass is 9.72. The van der Waals surface area contributed by atoms with E-state index in [1.165, 1.54) is 18.6 Å². The summed E-state index contributed by atoms with van der Waals surface area (Å²) in [7, 11) is 0. The Morgan fingerprint density at radius 2 is 1.95 bits per heavy atom. The van der Waals surface area contributed by atoms with Gasteiger partial charge in [0.2, 0.25) is 0 Å². The lowest BCUT2D eigenvalue weighted by Gasteiger charge is -2.38. The monoisotopic (exact) mass is 331 g/mol. The molecule has 0 radical (unpaired) electrons. The smallest absolute Gasteiger partial charge is 0.145 e. The van der Waals surface area contributed by atoms with Crippen molar-refractivity contribution in [1.82, 2.24) is 0 Å². The van der Waals surface area contributed by atoms with E-state index in [1.807, 2.05) is 0 Å². The summed E-state index contributed by atoms with van der Waals surface area (Å²) < 4.78 is 28.4. The summed E-state index contributed by atoms with van der Waals surface area (Å²) in [6, 6.07) is 2.68. The number of benzene rings is 1. The minimum absolute atomic E-state index is 0.0526. The molecule has 0 aromatic heterocycles. The molecular weight excluding hydrogens is 312 g/mol. The van der Waals surface area contributed by atoms with Crippen LogP contribution >= 0.6 is 15.9 Å². The van der Waals surface area contributed by atoms with Gasteiger partial charge in [-0.15, -0.1) is 0 Å². The van der Waals surface area contributed by atoms with Crippen LogP contribution in [0, 0.1) is 17.6 Å². The zero-order chi connectivity index (χ0) is 14.0. The highest BCUT2D eigenvalue weighted by molar-refractivity contribution is 9.10. The van der Waals surface area contributed by atoms with Crippen LogP contribution in [0.15, 0.2) is 16.6 Å². The van der Waals surface area contributed by atoms with Crippen LogP contribution in [0.4, 0.5) is 8.78 Å². The van der Waals surface area contributed by atoms with Crippen molar-refractivity contribution in [3.63, 3.8) is 0 Å². The van der Waals surface area contributed by atoms with Gasteiger partial charge in [0.25, 0.3) is 0 Å². The molecule has 1 nitrogen and oxygen atoms in total. The number of rotatable bonds is 3. The highest BCUT2D eigenvalue weighted by Gasteiger charge is 2.37. The first-order valence-electron chi connectivity index (χ1n) is 6.91. The van der Waals surface area contributed by atoms with Crippen molar-refractivity contribution in [1.29, 1.82) is 0 Å².